The van der Waals surface area contributed by atoms with Gasteiger partial charge >= 0.3 is 0 Å². The third-order valence-corrected chi connectivity index (χ3v) is 4.17. The van der Waals surface area contributed by atoms with Crippen molar-refractivity contribution in [2.24, 2.45) is 0 Å². The zero-order chi connectivity index (χ0) is 12.5. The first kappa shape index (κ1) is 12.0. The predicted molar refractivity (Wildman–Crippen MR) is 73.2 cm³/mol. The quantitative estimate of drug-likeness (QED) is 0.875. The van der Waals surface area contributed by atoms with Crippen LogP contribution in [0, 0.1) is 0 Å². The average molecular weight is 268 g/mol. The number of rotatable bonds is 3. The second-order valence-corrected chi connectivity index (χ2v) is 5.33. The molecule has 3 heterocycles. The normalized spacial score (nSPS) is 27.2. The van der Waals surface area contributed by atoms with Crippen LogP contribution in [0.2, 0.25) is 5.02 Å². The minimum Gasteiger partial charge on any atom is -0.364 e. The average Bonchev–Trinajstić information content (AvgIpc) is 2.96. The Kier molecular flexibility index (Phi) is 3.26. The highest BCUT2D eigenvalue weighted by atomic mass is 35.5. The molecule has 98 valence electrons. The first-order chi connectivity index (χ1) is 8.78. The molecule has 0 aliphatic carbocycles. The summed E-state index contributed by atoms with van der Waals surface area (Å²) in [6.45, 7) is 2.42. The summed E-state index contributed by atoms with van der Waals surface area (Å²) >= 11 is 6.15. The summed E-state index contributed by atoms with van der Waals surface area (Å²) in [6.07, 6.45) is 5.39. The van der Waals surface area contributed by atoms with E-state index in [1.165, 1.54) is 32.4 Å². The number of nitrogens with zero attached hydrogens (tertiary/aromatic N) is 3. The van der Waals surface area contributed by atoms with E-state index in [2.05, 4.69) is 25.5 Å². The van der Waals surface area contributed by atoms with Crippen molar-refractivity contribution in [1.82, 2.24) is 14.9 Å². The molecule has 2 saturated heterocycles. The van der Waals surface area contributed by atoms with Crippen LogP contribution in [0.1, 0.15) is 19.3 Å². The van der Waals surface area contributed by atoms with Crippen molar-refractivity contribution in [3.8, 4) is 0 Å². The van der Waals surface area contributed by atoms with Gasteiger partial charge in [-0.15, -0.1) is 0 Å². The maximum absolute atomic E-state index is 6.15. The van der Waals surface area contributed by atoms with E-state index >= 15 is 0 Å². The lowest BCUT2D eigenvalue weighted by molar-refractivity contribution is 0.318. The molecule has 0 bridgehead atoms. The Morgan fingerprint density at radius 1 is 1.39 bits per heavy atom. The Hall–Kier alpha value is -1.07. The van der Waals surface area contributed by atoms with Crippen LogP contribution in [0.15, 0.2) is 6.20 Å². The number of hydrogen-bond acceptors (Lipinski definition) is 5. The minimum absolute atomic E-state index is 0.463. The van der Waals surface area contributed by atoms with Gasteiger partial charge in [0.15, 0.2) is 5.82 Å². The number of anilines is 2. The summed E-state index contributed by atoms with van der Waals surface area (Å²) in [7, 11) is 1.81. The number of nitrogens with one attached hydrogen (secondary N) is 2. The van der Waals surface area contributed by atoms with Crippen molar-refractivity contribution >= 4 is 23.4 Å². The first-order valence-corrected chi connectivity index (χ1v) is 6.86. The van der Waals surface area contributed by atoms with Gasteiger partial charge in [0, 0.05) is 25.7 Å². The molecule has 18 heavy (non-hydrogen) atoms. The number of halogens is 1. The van der Waals surface area contributed by atoms with E-state index in [9.17, 15) is 0 Å². The summed E-state index contributed by atoms with van der Waals surface area (Å²) in [6, 6.07) is 1.11. The van der Waals surface area contributed by atoms with Crippen LogP contribution in [-0.4, -0.2) is 47.1 Å². The lowest BCUT2D eigenvalue weighted by Crippen LogP contribution is -2.34. The number of fused-ring (bicyclic) bond motifs is 1. The van der Waals surface area contributed by atoms with Gasteiger partial charge in [0.05, 0.1) is 6.20 Å². The zero-order valence-electron chi connectivity index (χ0n) is 10.5. The minimum atomic E-state index is 0.463. The molecule has 0 aromatic carbocycles. The standard InChI is InChI=1S/C12H18ClN5/c1-14-12-15-7-8(13)11(17-12)16-9-4-6-18-5-2-3-10(9)18/h7,9-10H,2-6H2,1H3,(H2,14,15,16,17). The van der Waals surface area contributed by atoms with Crippen LogP contribution in [-0.2, 0) is 0 Å². The Bertz CT molecular complexity index is 438. The molecule has 2 fully saturated rings. The highest BCUT2D eigenvalue weighted by Gasteiger charge is 2.37. The van der Waals surface area contributed by atoms with Gasteiger partial charge < -0.3 is 10.6 Å². The predicted octanol–water partition coefficient (Wildman–Crippen LogP) is 1.82. The monoisotopic (exact) mass is 267 g/mol. The van der Waals surface area contributed by atoms with Gasteiger partial charge in [0.25, 0.3) is 0 Å². The Morgan fingerprint density at radius 2 is 2.28 bits per heavy atom. The summed E-state index contributed by atoms with van der Waals surface area (Å²) in [4.78, 5) is 11.0. The molecule has 2 atom stereocenters. The van der Waals surface area contributed by atoms with E-state index in [-0.39, 0.29) is 0 Å². The molecule has 6 heteroatoms. The van der Waals surface area contributed by atoms with Crippen molar-refractivity contribution in [3.05, 3.63) is 11.2 Å². The largest absolute Gasteiger partial charge is 0.364 e. The zero-order valence-corrected chi connectivity index (χ0v) is 11.2. The molecule has 2 N–H and O–H groups in total. The molecule has 1 aromatic rings. The number of hydrogen-bond donors (Lipinski definition) is 2. The lowest BCUT2D eigenvalue weighted by atomic mass is 10.1. The lowest BCUT2D eigenvalue weighted by Gasteiger charge is -2.22. The SMILES string of the molecule is CNc1ncc(Cl)c(NC2CCN3CCCC23)n1. The van der Waals surface area contributed by atoms with Crippen LogP contribution < -0.4 is 10.6 Å². The van der Waals surface area contributed by atoms with Crippen molar-refractivity contribution in [2.45, 2.75) is 31.3 Å². The van der Waals surface area contributed by atoms with Crippen LogP contribution >= 0.6 is 11.6 Å². The Labute approximate surface area is 112 Å². The second-order valence-electron chi connectivity index (χ2n) is 4.93. The van der Waals surface area contributed by atoms with Crippen LogP contribution in [0.25, 0.3) is 0 Å². The van der Waals surface area contributed by atoms with E-state index < -0.39 is 0 Å². The van der Waals surface area contributed by atoms with Gasteiger partial charge in [-0.2, -0.15) is 4.98 Å². The fourth-order valence-corrected chi connectivity index (χ4v) is 3.16. The molecule has 3 rings (SSSR count). The molecule has 0 amide bonds. The molecule has 2 aliphatic heterocycles. The van der Waals surface area contributed by atoms with Crippen LogP contribution in [0.4, 0.5) is 11.8 Å². The fourth-order valence-electron chi connectivity index (χ4n) is 3.02. The highest BCUT2D eigenvalue weighted by molar-refractivity contribution is 6.32. The molecule has 0 saturated carbocycles. The van der Waals surface area contributed by atoms with Gasteiger partial charge in [-0.1, -0.05) is 11.6 Å². The molecule has 2 aliphatic rings. The van der Waals surface area contributed by atoms with Crippen molar-refractivity contribution in [2.75, 3.05) is 30.8 Å². The van der Waals surface area contributed by atoms with Gasteiger partial charge in [-0.25, -0.2) is 4.98 Å². The van der Waals surface area contributed by atoms with E-state index in [0.717, 1.165) is 5.82 Å². The molecule has 1 aromatic heterocycles. The van der Waals surface area contributed by atoms with Crippen molar-refractivity contribution < 1.29 is 0 Å². The first-order valence-electron chi connectivity index (χ1n) is 6.49. The summed E-state index contributed by atoms with van der Waals surface area (Å²) < 4.78 is 0. The Balaban J connectivity index is 1.76. The third kappa shape index (κ3) is 2.12. The smallest absolute Gasteiger partial charge is 0.224 e. The maximum atomic E-state index is 6.15. The van der Waals surface area contributed by atoms with Gasteiger partial charge in [-0.3, -0.25) is 4.90 Å². The van der Waals surface area contributed by atoms with Crippen molar-refractivity contribution in [3.63, 3.8) is 0 Å². The molecular weight excluding hydrogens is 250 g/mol. The van der Waals surface area contributed by atoms with Crippen LogP contribution in [0.3, 0.4) is 0 Å². The topological polar surface area (TPSA) is 53.1 Å². The number of aromatic nitrogens is 2. The highest BCUT2D eigenvalue weighted by Crippen LogP contribution is 2.31. The summed E-state index contributed by atoms with van der Waals surface area (Å²) in [5.74, 6) is 1.35. The van der Waals surface area contributed by atoms with E-state index in [0.29, 0.717) is 23.1 Å². The summed E-state index contributed by atoms with van der Waals surface area (Å²) in [5, 5.41) is 7.01. The Morgan fingerprint density at radius 3 is 3.11 bits per heavy atom. The maximum Gasteiger partial charge on any atom is 0.224 e. The van der Waals surface area contributed by atoms with Gasteiger partial charge in [0.2, 0.25) is 5.95 Å². The van der Waals surface area contributed by atoms with E-state index in [1.807, 2.05) is 0 Å². The molecule has 0 radical (unpaired) electrons. The van der Waals surface area contributed by atoms with E-state index in [4.69, 9.17) is 11.6 Å². The van der Waals surface area contributed by atoms with E-state index in [1.54, 1.807) is 13.2 Å². The third-order valence-electron chi connectivity index (χ3n) is 3.90. The second kappa shape index (κ2) is 4.90. The molecule has 2 unspecified atom stereocenters. The molecule has 0 spiro atoms. The molecule has 5 nitrogen and oxygen atoms in total. The van der Waals surface area contributed by atoms with Crippen LogP contribution in [0.5, 0.6) is 0 Å². The summed E-state index contributed by atoms with van der Waals surface area (Å²) in [5.41, 5.74) is 0. The van der Waals surface area contributed by atoms with Crippen molar-refractivity contribution in [1.29, 1.82) is 0 Å². The van der Waals surface area contributed by atoms with Gasteiger partial charge in [-0.05, 0) is 25.8 Å². The molecular formula is C12H18ClN5. The fraction of sp³-hybridized carbons (Fsp3) is 0.667. The van der Waals surface area contributed by atoms with Gasteiger partial charge in [0.1, 0.15) is 5.02 Å².